The van der Waals surface area contributed by atoms with Gasteiger partial charge in [0.2, 0.25) is 15.9 Å². The molecule has 0 radical (unpaired) electrons. The zero-order chi connectivity index (χ0) is 15.5. The van der Waals surface area contributed by atoms with Crippen molar-refractivity contribution in [3.8, 4) is 0 Å². The van der Waals surface area contributed by atoms with E-state index >= 15 is 0 Å². The van der Waals surface area contributed by atoms with Crippen molar-refractivity contribution in [3.05, 3.63) is 24.3 Å². The summed E-state index contributed by atoms with van der Waals surface area (Å²) in [6.07, 6.45) is 3.44. The largest absolute Gasteiger partial charge is 0.329 e. The average molecular weight is 311 g/mol. The van der Waals surface area contributed by atoms with Crippen LogP contribution in [0.25, 0.3) is 0 Å². The molecule has 1 fully saturated rings. The molecule has 1 aromatic carbocycles. The van der Waals surface area contributed by atoms with Crippen molar-refractivity contribution in [3.63, 3.8) is 0 Å². The molecule has 1 amide bonds. The van der Waals surface area contributed by atoms with Gasteiger partial charge in [0.05, 0.1) is 11.1 Å². The van der Waals surface area contributed by atoms with E-state index in [1.807, 2.05) is 0 Å². The summed E-state index contributed by atoms with van der Waals surface area (Å²) in [5.74, 6) is -0.193. The Hall–Kier alpha value is -1.44. The van der Waals surface area contributed by atoms with Gasteiger partial charge in [0, 0.05) is 6.54 Å². The SMILES string of the molecule is CNS(=O)(=O)c1ccccc1NC(=O)C1(CN)CCCC1. The second-order valence-corrected chi connectivity index (χ2v) is 7.20. The Bertz CT molecular complexity index is 622. The minimum absolute atomic E-state index is 0.0611. The summed E-state index contributed by atoms with van der Waals surface area (Å²) in [7, 11) is -2.28. The van der Waals surface area contributed by atoms with Crippen LogP contribution in [0.5, 0.6) is 0 Å². The van der Waals surface area contributed by atoms with Gasteiger partial charge >= 0.3 is 0 Å². The number of rotatable bonds is 5. The van der Waals surface area contributed by atoms with E-state index in [1.54, 1.807) is 18.2 Å². The van der Waals surface area contributed by atoms with Crippen LogP contribution in [0.4, 0.5) is 5.69 Å². The van der Waals surface area contributed by atoms with Crippen LogP contribution in [0.3, 0.4) is 0 Å². The Morgan fingerprint density at radius 2 is 1.90 bits per heavy atom. The summed E-state index contributed by atoms with van der Waals surface area (Å²) in [4.78, 5) is 12.6. The Balaban J connectivity index is 2.30. The highest BCUT2D eigenvalue weighted by Crippen LogP contribution is 2.38. The predicted octanol–water partition coefficient (Wildman–Crippen LogP) is 1.05. The molecule has 0 saturated heterocycles. The number of para-hydroxylation sites is 1. The predicted molar refractivity (Wildman–Crippen MR) is 81.3 cm³/mol. The molecule has 1 aliphatic rings. The van der Waals surface area contributed by atoms with Gasteiger partial charge in [0.15, 0.2) is 0 Å². The first kappa shape index (κ1) is 15.9. The minimum atomic E-state index is -3.62. The lowest BCUT2D eigenvalue weighted by molar-refractivity contribution is -0.124. The van der Waals surface area contributed by atoms with Crippen molar-refractivity contribution < 1.29 is 13.2 Å². The van der Waals surface area contributed by atoms with Gasteiger partial charge in [-0.05, 0) is 32.0 Å². The molecular weight excluding hydrogens is 290 g/mol. The fourth-order valence-corrected chi connectivity index (χ4v) is 3.63. The Morgan fingerprint density at radius 3 is 2.48 bits per heavy atom. The lowest BCUT2D eigenvalue weighted by atomic mass is 9.85. The molecule has 0 aliphatic heterocycles. The van der Waals surface area contributed by atoms with E-state index in [2.05, 4.69) is 10.0 Å². The minimum Gasteiger partial charge on any atom is -0.329 e. The van der Waals surface area contributed by atoms with Crippen LogP contribution in [-0.2, 0) is 14.8 Å². The molecule has 0 aromatic heterocycles. The van der Waals surface area contributed by atoms with Gasteiger partial charge in [0.1, 0.15) is 4.90 Å². The van der Waals surface area contributed by atoms with Gasteiger partial charge < -0.3 is 11.1 Å². The van der Waals surface area contributed by atoms with E-state index in [0.717, 1.165) is 25.7 Å². The molecule has 0 atom stereocenters. The van der Waals surface area contributed by atoms with Crippen molar-refractivity contribution in [1.82, 2.24) is 4.72 Å². The van der Waals surface area contributed by atoms with E-state index in [-0.39, 0.29) is 23.0 Å². The third-order valence-electron chi connectivity index (χ3n) is 4.13. The molecule has 1 aromatic rings. The van der Waals surface area contributed by atoms with Crippen molar-refractivity contribution >= 4 is 21.6 Å². The van der Waals surface area contributed by atoms with Crippen molar-refractivity contribution in [2.24, 2.45) is 11.1 Å². The Labute approximate surface area is 125 Å². The maximum atomic E-state index is 12.5. The van der Waals surface area contributed by atoms with Crippen LogP contribution < -0.4 is 15.8 Å². The molecule has 6 nitrogen and oxygen atoms in total. The fraction of sp³-hybridized carbons (Fsp3) is 0.500. The monoisotopic (exact) mass is 311 g/mol. The highest BCUT2D eigenvalue weighted by atomic mass is 32.2. The highest BCUT2D eigenvalue weighted by molar-refractivity contribution is 7.89. The molecule has 116 valence electrons. The molecule has 1 aliphatic carbocycles. The van der Waals surface area contributed by atoms with Crippen LogP contribution in [0.15, 0.2) is 29.2 Å². The second kappa shape index (κ2) is 6.13. The number of hydrogen-bond acceptors (Lipinski definition) is 4. The van der Waals surface area contributed by atoms with Crippen molar-refractivity contribution in [1.29, 1.82) is 0 Å². The van der Waals surface area contributed by atoms with Crippen LogP contribution in [0.2, 0.25) is 0 Å². The number of nitrogens with one attached hydrogen (secondary N) is 2. The Morgan fingerprint density at radius 1 is 1.29 bits per heavy atom. The molecule has 0 spiro atoms. The van der Waals surface area contributed by atoms with E-state index in [9.17, 15) is 13.2 Å². The third kappa shape index (κ3) is 3.09. The number of anilines is 1. The molecular formula is C14H21N3O3S. The van der Waals surface area contributed by atoms with Gasteiger partial charge in [-0.2, -0.15) is 0 Å². The van der Waals surface area contributed by atoms with E-state index in [0.29, 0.717) is 0 Å². The lowest BCUT2D eigenvalue weighted by Crippen LogP contribution is -2.40. The molecule has 1 saturated carbocycles. The van der Waals surface area contributed by atoms with Crippen molar-refractivity contribution in [2.75, 3.05) is 18.9 Å². The number of carbonyl (C=O) groups is 1. The quantitative estimate of drug-likeness (QED) is 0.756. The summed E-state index contributed by atoms with van der Waals surface area (Å²) in [6, 6.07) is 6.36. The standard InChI is InChI=1S/C14H21N3O3S/c1-16-21(19,20)12-7-3-2-6-11(12)17-13(18)14(10-15)8-4-5-9-14/h2-3,6-7,16H,4-5,8-10,15H2,1H3,(H,17,18). The summed E-state index contributed by atoms with van der Waals surface area (Å²) in [6.45, 7) is 0.278. The summed E-state index contributed by atoms with van der Waals surface area (Å²) in [5, 5.41) is 2.75. The molecule has 0 heterocycles. The molecule has 2 rings (SSSR count). The van der Waals surface area contributed by atoms with E-state index in [4.69, 9.17) is 5.73 Å². The van der Waals surface area contributed by atoms with Gasteiger partial charge in [0.25, 0.3) is 0 Å². The number of benzene rings is 1. The lowest BCUT2D eigenvalue weighted by Gasteiger charge is -2.26. The van der Waals surface area contributed by atoms with E-state index in [1.165, 1.54) is 13.1 Å². The fourth-order valence-electron chi connectivity index (χ4n) is 2.74. The first-order chi connectivity index (χ1) is 9.95. The zero-order valence-corrected chi connectivity index (χ0v) is 12.9. The topological polar surface area (TPSA) is 101 Å². The number of nitrogens with two attached hydrogens (primary N) is 1. The summed E-state index contributed by atoms with van der Waals surface area (Å²) in [5.41, 5.74) is 5.50. The molecule has 21 heavy (non-hydrogen) atoms. The third-order valence-corrected chi connectivity index (χ3v) is 5.60. The van der Waals surface area contributed by atoms with Crippen molar-refractivity contribution in [2.45, 2.75) is 30.6 Å². The van der Waals surface area contributed by atoms with Crippen LogP contribution >= 0.6 is 0 Å². The first-order valence-electron chi connectivity index (χ1n) is 6.99. The van der Waals surface area contributed by atoms with Crippen LogP contribution in [-0.4, -0.2) is 27.9 Å². The number of hydrogen-bond donors (Lipinski definition) is 3. The smallest absolute Gasteiger partial charge is 0.242 e. The zero-order valence-electron chi connectivity index (χ0n) is 12.1. The van der Waals surface area contributed by atoms with Gasteiger partial charge in [-0.15, -0.1) is 0 Å². The maximum absolute atomic E-state index is 12.5. The summed E-state index contributed by atoms with van der Waals surface area (Å²) >= 11 is 0. The molecule has 0 unspecified atom stereocenters. The number of carbonyl (C=O) groups excluding carboxylic acids is 1. The normalized spacial score (nSPS) is 17.6. The first-order valence-corrected chi connectivity index (χ1v) is 8.48. The Kier molecular flexibility index (Phi) is 4.65. The molecule has 4 N–H and O–H groups in total. The maximum Gasteiger partial charge on any atom is 0.242 e. The van der Waals surface area contributed by atoms with Gasteiger partial charge in [-0.1, -0.05) is 25.0 Å². The average Bonchev–Trinajstić information content (AvgIpc) is 2.98. The number of amides is 1. The second-order valence-electron chi connectivity index (χ2n) is 5.35. The van der Waals surface area contributed by atoms with E-state index < -0.39 is 15.4 Å². The van der Waals surface area contributed by atoms with Gasteiger partial charge in [-0.3, -0.25) is 4.79 Å². The van der Waals surface area contributed by atoms with Crippen LogP contribution in [0.1, 0.15) is 25.7 Å². The number of sulfonamides is 1. The van der Waals surface area contributed by atoms with Crippen LogP contribution in [0, 0.1) is 5.41 Å². The summed E-state index contributed by atoms with van der Waals surface area (Å²) < 4.78 is 26.2. The molecule has 0 bridgehead atoms. The molecule has 7 heteroatoms. The van der Waals surface area contributed by atoms with Gasteiger partial charge in [-0.25, -0.2) is 13.1 Å². The highest BCUT2D eigenvalue weighted by Gasteiger charge is 2.40.